The molecule has 0 spiro atoms. The lowest BCUT2D eigenvalue weighted by molar-refractivity contribution is 0.0615. The molecule has 7 heteroatoms. The third-order valence-electron chi connectivity index (χ3n) is 5.70. The number of fused-ring (bicyclic) bond motifs is 1. The number of aliphatic hydroxyl groups is 1. The highest BCUT2D eigenvalue weighted by Gasteiger charge is 2.21. The number of aromatic nitrogens is 1. The summed E-state index contributed by atoms with van der Waals surface area (Å²) in [6.07, 6.45) is 0. The third kappa shape index (κ3) is 3.86. The summed E-state index contributed by atoms with van der Waals surface area (Å²) in [5.41, 5.74) is 2.27. The molecule has 1 saturated heterocycles. The van der Waals surface area contributed by atoms with Crippen LogP contribution in [-0.2, 0) is 0 Å². The Hall–Kier alpha value is -3.03. The number of nitrogens with zero attached hydrogens (tertiary/aromatic N) is 2. The minimum absolute atomic E-state index is 0.0323. The SMILES string of the molecule is Cc1ccc(F)c2c(=O)[nH]c(-c3ccc(C(=O)N4CCN(CCO)CC4)cc3)cc12. The minimum atomic E-state index is -0.538. The van der Waals surface area contributed by atoms with Crippen molar-refractivity contribution in [2.75, 3.05) is 39.3 Å². The van der Waals surface area contributed by atoms with Gasteiger partial charge in [0.2, 0.25) is 0 Å². The highest BCUT2D eigenvalue weighted by atomic mass is 19.1. The molecule has 2 N–H and O–H groups in total. The number of aryl methyl sites for hydroxylation is 1. The van der Waals surface area contributed by atoms with Crippen LogP contribution in [0.4, 0.5) is 4.39 Å². The van der Waals surface area contributed by atoms with Crippen molar-refractivity contribution in [3.63, 3.8) is 0 Å². The van der Waals surface area contributed by atoms with Gasteiger partial charge >= 0.3 is 0 Å². The van der Waals surface area contributed by atoms with E-state index in [1.165, 1.54) is 6.07 Å². The maximum Gasteiger partial charge on any atom is 0.259 e. The summed E-state index contributed by atoms with van der Waals surface area (Å²) in [4.78, 5) is 31.9. The number of β-amino-alcohol motifs (C(OH)–C–C–N with tert-alkyl or cyclic N) is 1. The fraction of sp³-hybridized carbons (Fsp3) is 0.304. The van der Waals surface area contributed by atoms with Crippen LogP contribution in [0.2, 0.25) is 0 Å². The number of nitrogens with one attached hydrogen (secondary N) is 1. The molecular weight excluding hydrogens is 385 g/mol. The highest BCUT2D eigenvalue weighted by molar-refractivity contribution is 5.95. The van der Waals surface area contributed by atoms with Crippen LogP contribution in [0.5, 0.6) is 0 Å². The van der Waals surface area contributed by atoms with Gasteiger partial charge in [-0.3, -0.25) is 14.5 Å². The summed E-state index contributed by atoms with van der Waals surface area (Å²) in [5.74, 6) is -0.571. The van der Waals surface area contributed by atoms with E-state index < -0.39 is 11.4 Å². The van der Waals surface area contributed by atoms with Gasteiger partial charge in [0, 0.05) is 44.0 Å². The lowest BCUT2D eigenvalue weighted by Crippen LogP contribution is -2.49. The van der Waals surface area contributed by atoms with Crippen LogP contribution < -0.4 is 5.56 Å². The lowest BCUT2D eigenvalue weighted by Gasteiger charge is -2.34. The van der Waals surface area contributed by atoms with Gasteiger partial charge in [-0.05, 0) is 47.7 Å². The van der Waals surface area contributed by atoms with Crippen molar-refractivity contribution in [1.82, 2.24) is 14.8 Å². The molecule has 1 aromatic heterocycles. The van der Waals surface area contributed by atoms with E-state index in [0.717, 1.165) is 24.2 Å². The Bertz CT molecular complexity index is 1130. The summed E-state index contributed by atoms with van der Waals surface area (Å²) in [7, 11) is 0. The molecule has 30 heavy (non-hydrogen) atoms. The molecule has 0 radical (unpaired) electrons. The van der Waals surface area contributed by atoms with Crippen LogP contribution in [0.1, 0.15) is 15.9 Å². The molecule has 6 nitrogen and oxygen atoms in total. The molecule has 1 fully saturated rings. The average molecular weight is 409 g/mol. The minimum Gasteiger partial charge on any atom is -0.395 e. The van der Waals surface area contributed by atoms with Crippen molar-refractivity contribution in [3.8, 4) is 11.3 Å². The number of benzene rings is 2. The van der Waals surface area contributed by atoms with Crippen LogP contribution in [0, 0.1) is 12.7 Å². The smallest absolute Gasteiger partial charge is 0.259 e. The summed E-state index contributed by atoms with van der Waals surface area (Å²) >= 11 is 0. The molecule has 1 aliphatic heterocycles. The number of pyridine rings is 1. The lowest BCUT2D eigenvalue weighted by atomic mass is 10.0. The second-order valence-electron chi connectivity index (χ2n) is 7.60. The number of H-pyrrole nitrogens is 1. The first kappa shape index (κ1) is 20.3. The second kappa shape index (κ2) is 8.38. The van der Waals surface area contributed by atoms with Gasteiger partial charge in [0.1, 0.15) is 5.82 Å². The van der Waals surface area contributed by atoms with Gasteiger partial charge in [-0.1, -0.05) is 18.2 Å². The quantitative estimate of drug-likeness (QED) is 0.694. The van der Waals surface area contributed by atoms with Crippen molar-refractivity contribution in [2.45, 2.75) is 6.92 Å². The van der Waals surface area contributed by atoms with E-state index in [4.69, 9.17) is 5.11 Å². The normalized spacial score (nSPS) is 15.0. The summed E-state index contributed by atoms with van der Waals surface area (Å²) in [6.45, 7) is 5.35. The van der Waals surface area contributed by atoms with Crippen LogP contribution in [0.3, 0.4) is 0 Å². The zero-order valence-electron chi connectivity index (χ0n) is 16.8. The molecule has 4 rings (SSSR count). The van der Waals surface area contributed by atoms with Crippen molar-refractivity contribution in [2.24, 2.45) is 0 Å². The number of halogens is 1. The van der Waals surface area contributed by atoms with Gasteiger partial charge in [-0.15, -0.1) is 0 Å². The molecule has 1 amide bonds. The molecule has 2 aromatic carbocycles. The standard InChI is InChI=1S/C23H24FN3O3/c1-15-2-7-19(24)21-18(15)14-20(25-22(21)29)16-3-5-17(6-4-16)23(30)27-10-8-26(9-11-27)12-13-28/h2-7,14,28H,8-13H2,1H3,(H,25,29). The van der Waals surface area contributed by atoms with Crippen LogP contribution in [-0.4, -0.2) is 65.1 Å². The zero-order valence-corrected chi connectivity index (χ0v) is 16.8. The van der Waals surface area contributed by atoms with E-state index in [9.17, 15) is 14.0 Å². The molecule has 0 atom stereocenters. The number of aliphatic hydroxyl groups excluding tert-OH is 1. The van der Waals surface area contributed by atoms with Gasteiger partial charge in [-0.25, -0.2) is 4.39 Å². The average Bonchev–Trinajstić information content (AvgIpc) is 2.76. The van der Waals surface area contributed by atoms with Crippen LogP contribution in [0.25, 0.3) is 22.0 Å². The monoisotopic (exact) mass is 409 g/mol. The first-order chi connectivity index (χ1) is 14.5. The number of aromatic amines is 1. The fourth-order valence-electron chi connectivity index (χ4n) is 3.93. The Labute approximate surface area is 173 Å². The van der Waals surface area contributed by atoms with Crippen molar-refractivity contribution >= 4 is 16.7 Å². The van der Waals surface area contributed by atoms with Crippen molar-refractivity contribution in [1.29, 1.82) is 0 Å². The number of rotatable bonds is 4. The molecule has 0 saturated carbocycles. The highest BCUT2D eigenvalue weighted by Crippen LogP contribution is 2.24. The van der Waals surface area contributed by atoms with Gasteiger partial charge in [0.25, 0.3) is 11.5 Å². The molecule has 3 aromatic rings. The number of carbonyl (C=O) groups excluding carboxylic acids is 1. The molecule has 156 valence electrons. The third-order valence-corrected chi connectivity index (χ3v) is 5.70. The summed E-state index contributed by atoms with van der Waals surface area (Å²) < 4.78 is 14.1. The number of piperazine rings is 1. The van der Waals surface area contributed by atoms with E-state index >= 15 is 0 Å². The predicted molar refractivity (Wildman–Crippen MR) is 114 cm³/mol. The maximum absolute atomic E-state index is 14.1. The van der Waals surface area contributed by atoms with E-state index in [0.29, 0.717) is 36.3 Å². The van der Waals surface area contributed by atoms with Gasteiger partial charge in [0.15, 0.2) is 0 Å². The Kier molecular flexibility index (Phi) is 5.65. The first-order valence-corrected chi connectivity index (χ1v) is 10.0. The van der Waals surface area contributed by atoms with Crippen molar-refractivity contribution in [3.05, 3.63) is 69.8 Å². The van der Waals surface area contributed by atoms with Crippen LogP contribution >= 0.6 is 0 Å². The van der Waals surface area contributed by atoms with E-state index in [2.05, 4.69) is 9.88 Å². The first-order valence-electron chi connectivity index (χ1n) is 10.0. The van der Waals surface area contributed by atoms with Gasteiger partial charge < -0.3 is 15.0 Å². The molecule has 0 aliphatic carbocycles. The summed E-state index contributed by atoms with van der Waals surface area (Å²) in [5, 5.41) is 9.67. The molecule has 0 unspecified atom stereocenters. The molecular formula is C23H24FN3O3. The van der Waals surface area contributed by atoms with Gasteiger partial charge in [-0.2, -0.15) is 0 Å². The number of hydrogen-bond acceptors (Lipinski definition) is 4. The van der Waals surface area contributed by atoms with Crippen LogP contribution in [0.15, 0.2) is 47.3 Å². The Morgan fingerprint density at radius 2 is 1.80 bits per heavy atom. The van der Waals surface area contributed by atoms with E-state index in [-0.39, 0.29) is 17.9 Å². The Morgan fingerprint density at radius 3 is 2.47 bits per heavy atom. The largest absolute Gasteiger partial charge is 0.395 e. The number of amides is 1. The maximum atomic E-state index is 14.1. The van der Waals surface area contributed by atoms with Crippen molar-refractivity contribution < 1.29 is 14.3 Å². The topological polar surface area (TPSA) is 76.6 Å². The second-order valence-corrected chi connectivity index (χ2v) is 7.60. The van der Waals surface area contributed by atoms with E-state index in [1.807, 2.05) is 11.8 Å². The fourth-order valence-corrected chi connectivity index (χ4v) is 3.93. The summed E-state index contributed by atoms with van der Waals surface area (Å²) in [6, 6.07) is 11.8. The number of hydrogen-bond donors (Lipinski definition) is 2. The molecule has 2 heterocycles. The Balaban J connectivity index is 1.56. The zero-order chi connectivity index (χ0) is 21.3. The predicted octanol–water partition coefficient (Wildman–Crippen LogP) is 2.39. The Morgan fingerprint density at radius 1 is 1.10 bits per heavy atom. The number of carbonyl (C=O) groups is 1. The molecule has 0 bridgehead atoms. The molecule has 1 aliphatic rings. The van der Waals surface area contributed by atoms with Gasteiger partial charge in [0.05, 0.1) is 12.0 Å². The van der Waals surface area contributed by atoms with E-state index in [1.54, 1.807) is 36.4 Å².